The predicted molar refractivity (Wildman–Crippen MR) is 113 cm³/mol. The second-order valence-corrected chi connectivity index (χ2v) is 7.96. The zero-order valence-corrected chi connectivity index (χ0v) is 18.0. The monoisotopic (exact) mass is 408 g/mol. The van der Waals surface area contributed by atoms with Crippen molar-refractivity contribution >= 4 is 11.9 Å². The Morgan fingerprint density at radius 3 is 2.33 bits per heavy atom. The minimum atomic E-state index is -0.400. The van der Waals surface area contributed by atoms with Crippen molar-refractivity contribution < 1.29 is 14.3 Å². The Kier molecular flexibility index (Phi) is 6.58. The highest BCUT2D eigenvalue weighted by Gasteiger charge is 2.28. The summed E-state index contributed by atoms with van der Waals surface area (Å²) in [6, 6.07) is 9.72. The van der Waals surface area contributed by atoms with Crippen LogP contribution >= 0.6 is 0 Å². The van der Waals surface area contributed by atoms with Gasteiger partial charge in [-0.05, 0) is 51.0 Å². The predicted octanol–water partition coefficient (Wildman–Crippen LogP) is 3.03. The summed E-state index contributed by atoms with van der Waals surface area (Å²) in [5, 5.41) is 8.91. The maximum absolute atomic E-state index is 13.1. The van der Waals surface area contributed by atoms with Crippen LogP contribution in [0.3, 0.4) is 0 Å². The number of nitrogens with one attached hydrogen (secondary N) is 1. The highest BCUT2D eigenvalue weighted by atomic mass is 16.5. The van der Waals surface area contributed by atoms with E-state index in [1.54, 1.807) is 27.7 Å². The third-order valence-electron chi connectivity index (χ3n) is 5.35. The average Bonchev–Trinajstić information content (AvgIpc) is 3.02. The SMILES string of the molecule is Cc1[nH]c(C(=O)N2CCN(Cc3ccc(C#N)cc3)CC2)c(C)c1C(=O)OC(C)C. The molecule has 7 heteroatoms. The first-order valence-electron chi connectivity index (χ1n) is 10.2. The van der Waals surface area contributed by atoms with Crippen molar-refractivity contribution in [1.29, 1.82) is 5.26 Å². The van der Waals surface area contributed by atoms with Gasteiger partial charge >= 0.3 is 5.97 Å². The molecule has 158 valence electrons. The van der Waals surface area contributed by atoms with Gasteiger partial charge in [-0.1, -0.05) is 12.1 Å². The molecule has 0 aliphatic carbocycles. The maximum atomic E-state index is 13.1. The third kappa shape index (κ3) is 4.71. The normalized spacial score (nSPS) is 14.6. The number of ether oxygens (including phenoxy) is 1. The van der Waals surface area contributed by atoms with Crippen molar-refractivity contribution in [2.24, 2.45) is 0 Å². The molecule has 1 aromatic carbocycles. The number of amides is 1. The maximum Gasteiger partial charge on any atom is 0.340 e. The second-order valence-electron chi connectivity index (χ2n) is 7.96. The summed E-state index contributed by atoms with van der Waals surface area (Å²) in [4.78, 5) is 32.6. The van der Waals surface area contributed by atoms with Gasteiger partial charge in [0.15, 0.2) is 0 Å². The topological polar surface area (TPSA) is 89.4 Å². The number of nitriles is 1. The third-order valence-corrected chi connectivity index (χ3v) is 5.35. The molecule has 7 nitrogen and oxygen atoms in total. The summed E-state index contributed by atoms with van der Waals surface area (Å²) in [7, 11) is 0. The van der Waals surface area contributed by atoms with E-state index in [0.29, 0.717) is 41.2 Å². The summed E-state index contributed by atoms with van der Waals surface area (Å²) in [5.41, 5.74) is 4.01. The van der Waals surface area contributed by atoms with E-state index in [-0.39, 0.29) is 12.0 Å². The van der Waals surface area contributed by atoms with Gasteiger partial charge in [-0.25, -0.2) is 4.79 Å². The molecule has 0 atom stereocenters. The van der Waals surface area contributed by atoms with Gasteiger partial charge in [0.25, 0.3) is 5.91 Å². The molecule has 0 unspecified atom stereocenters. The van der Waals surface area contributed by atoms with Crippen LogP contribution in [0.5, 0.6) is 0 Å². The number of carbonyl (C=O) groups is 2. The van der Waals surface area contributed by atoms with E-state index in [0.717, 1.165) is 25.2 Å². The number of H-pyrrole nitrogens is 1. The average molecular weight is 409 g/mol. The Balaban J connectivity index is 1.62. The Labute approximate surface area is 177 Å². The quantitative estimate of drug-likeness (QED) is 0.768. The smallest absolute Gasteiger partial charge is 0.340 e. The number of carbonyl (C=O) groups excluding carboxylic acids is 2. The Morgan fingerprint density at radius 2 is 1.77 bits per heavy atom. The number of rotatable bonds is 5. The van der Waals surface area contributed by atoms with E-state index in [9.17, 15) is 9.59 Å². The first-order valence-corrected chi connectivity index (χ1v) is 10.2. The molecule has 0 bridgehead atoms. The number of aryl methyl sites for hydroxylation is 1. The molecular weight excluding hydrogens is 380 g/mol. The molecule has 30 heavy (non-hydrogen) atoms. The highest BCUT2D eigenvalue weighted by molar-refractivity contribution is 6.00. The second kappa shape index (κ2) is 9.14. The fourth-order valence-electron chi connectivity index (χ4n) is 3.75. The lowest BCUT2D eigenvalue weighted by molar-refractivity contribution is 0.0376. The number of hydrogen-bond donors (Lipinski definition) is 1. The van der Waals surface area contributed by atoms with E-state index in [4.69, 9.17) is 10.00 Å². The molecule has 1 saturated heterocycles. The van der Waals surface area contributed by atoms with Gasteiger partial charge in [0, 0.05) is 38.4 Å². The van der Waals surface area contributed by atoms with Crippen LogP contribution in [-0.2, 0) is 11.3 Å². The van der Waals surface area contributed by atoms with Gasteiger partial charge in [-0.15, -0.1) is 0 Å². The summed E-state index contributed by atoms with van der Waals surface area (Å²) in [6.07, 6.45) is -0.213. The van der Waals surface area contributed by atoms with Crippen LogP contribution in [0.1, 0.15) is 57.1 Å². The van der Waals surface area contributed by atoms with Crippen molar-refractivity contribution in [3.63, 3.8) is 0 Å². The highest BCUT2D eigenvalue weighted by Crippen LogP contribution is 2.22. The minimum absolute atomic E-state index is 0.0859. The molecule has 3 rings (SSSR count). The first kappa shape index (κ1) is 21.6. The molecule has 1 amide bonds. The zero-order chi connectivity index (χ0) is 21.8. The number of piperazine rings is 1. The van der Waals surface area contributed by atoms with Crippen LogP contribution in [0.15, 0.2) is 24.3 Å². The van der Waals surface area contributed by atoms with Crippen LogP contribution in [0.25, 0.3) is 0 Å². The van der Waals surface area contributed by atoms with Crippen molar-refractivity contribution in [3.8, 4) is 6.07 Å². The number of aromatic amines is 1. The van der Waals surface area contributed by atoms with E-state index in [1.807, 2.05) is 29.2 Å². The largest absolute Gasteiger partial charge is 0.459 e. The van der Waals surface area contributed by atoms with Crippen molar-refractivity contribution in [2.75, 3.05) is 26.2 Å². The molecule has 1 fully saturated rings. The van der Waals surface area contributed by atoms with Crippen LogP contribution < -0.4 is 0 Å². The Hall–Kier alpha value is -3.11. The Morgan fingerprint density at radius 1 is 1.13 bits per heavy atom. The lowest BCUT2D eigenvalue weighted by atomic mass is 10.1. The number of hydrogen-bond acceptors (Lipinski definition) is 5. The molecule has 2 heterocycles. The van der Waals surface area contributed by atoms with Gasteiger partial charge in [-0.2, -0.15) is 5.26 Å². The van der Waals surface area contributed by atoms with Gasteiger partial charge in [0.1, 0.15) is 5.69 Å². The number of esters is 1. The summed E-state index contributed by atoms with van der Waals surface area (Å²) < 4.78 is 5.31. The number of aromatic nitrogens is 1. The van der Waals surface area contributed by atoms with Crippen LogP contribution in [-0.4, -0.2) is 58.9 Å². The van der Waals surface area contributed by atoms with E-state index < -0.39 is 5.97 Å². The summed E-state index contributed by atoms with van der Waals surface area (Å²) >= 11 is 0. The summed E-state index contributed by atoms with van der Waals surface area (Å²) in [5.74, 6) is -0.486. The van der Waals surface area contributed by atoms with Crippen molar-refractivity contribution in [3.05, 3.63) is 57.9 Å². The van der Waals surface area contributed by atoms with Crippen LogP contribution in [0, 0.1) is 25.2 Å². The molecule has 0 radical (unpaired) electrons. The minimum Gasteiger partial charge on any atom is -0.459 e. The van der Waals surface area contributed by atoms with Crippen LogP contribution in [0.2, 0.25) is 0 Å². The van der Waals surface area contributed by atoms with Gasteiger partial charge < -0.3 is 14.6 Å². The number of benzene rings is 1. The van der Waals surface area contributed by atoms with E-state index in [2.05, 4.69) is 16.0 Å². The van der Waals surface area contributed by atoms with Crippen molar-refractivity contribution in [2.45, 2.75) is 40.3 Å². The molecule has 1 aliphatic rings. The molecular formula is C23H28N4O3. The van der Waals surface area contributed by atoms with Crippen LogP contribution in [0.4, 0.5) is 0 Å². The molecule has 1 aromatic heterocycles. The van der Waals surface area contributed by atoms with E-state index in [1.165, 1.54) is 0 Å². The Bertz CT molecular complexity index is 962. The molecule has 0 saturated carbocycles. The fourth-order valence-corrected chi connectivity index (χ4v) is 3.75. The lowest BCUT2D eigenvalue weighted by Crippen LogP contribution is -2.48. The lowest BCUT2D eigenvalue weighted by Gasteiger charge is -2.34. The molecule has 1 aliphatic heterocycles. The van der Waals surface area contributed by atoms with Gasteiger partial charge in [0.05, 0.1) is 23.3 Å². The van der Waals surface area contributed by atoms with Gasteiger partial charge in [0.2, 0.25) is 0 Å². The zero-order valence-electron chi connectivity index (χ0n) is 18.0. The standard InChI is InChI=1S/C23H28N4O3/c1-15(2)30-23(29)20-16(3)21(25-17(20)4)22(28)27-11-9-26(10-12-27)14-19-7-5-18(13-24)6-8-19/h5-8,15,25H,9-12,14H2,1-4H3. The fraction of sp³-hybridized carbons (Fsp3) is 0.435. The summed E-state index contributed by atoms with van der Waals surface area (Å²) in [6.45, 7) is 10.8. The molecule has 2 aromatic rings. The number of nitrogens with zero attached hydrogens (tertiary/aromatic N) is 3. The first-order chi connectivity index (χ1) is 14.3. The van der Waals surface area contributed by atoms with Crippen molar-refractivity contribution in [1.82, 2.24) is 14.8 Å². The molecule has 1 N–H and O–H groups in total. The van der Waals surface area contributed by atoms with E-state index >= 15 is 0 Å². The molecule has 0 spiro atoms. The van der Waals surface area contributed by atoms with Gasteiger partial charge in [-0.3, -0.25) is 9.69 Å².